The Kier molecular flexibility index (Phi) is 61.1. The largest absolute Gasteiger partial charge is 0.487 e. The molecule has 21 heteroatoms. The molecule has 21 nitrogen and oxygen atoms in total. The molecule has 1 aromatic rings. The lowest BCUT2D eigenvalue weighted by molar-refractivity contribution is -0.248. The second-order valence-corrected chi connectivity index (χ2v) is 41.3. The topological polar surface area (TPSA) is 233 Å². The molecule has 0 N–H and O–H groups in total. The molecule has 4 aliphatic rings. The molecule has 0 amide bonds. The number of hydrogen-bond donors (Lipinski definition) is 0. The molecule has 0 bridgehead atoms. The highest BCUT2D eigenvalue weighted by molar-refractivity contribution is 5.80. The van der Waals surface area contributed by atoms with Gasteiger partial charge in [0.2, 0.25) is 0 Å². The Labute approximate surface area is 792 Å². The summed E-state index contributed by atoms with van der Waals surface area (Å²) in [5, 5.41) is 0. The van der Waals surface area contributed by atoms with Gasteiger partial charge in [-0.05, 0) is 245 Å². The first kappa shape index (κ1) is 117. The number of rotatable bonds is 79. The maximum absolute atomic E-state index is 14.3. The SMILES string of the molecule is CCC1OC(OCCCCC(=O)CCCCOCCCOCC(COCCCOCCCCC(=O)CCCCOC2OC(CC)C(C)C(C)C2C)(COCCCOCCCCC(=O)CCCCOC2OC(CC)C(C)C(C)C2C)CC(=O)CCOCCOCCCC(=O)Oc2c(C)c(C)c3c(c2C)CC[C@@](C)(CCC[C@H](C)CCC[C@H](C)CCCC(C)C)O3)C(C)C(C)C1C. The molecule has 0 saturated carbocycles. The minimum atomic E-state index is -0.826. The minimum absolute atomic E-state index is 0.00539. The molecular weight excluding hydrogens is 1650 g/mol. The van der Waals surface area contributed by atoms with Crippen molar-refractivity contribution in [3.05, 3.63) is 22.3 Å². The van der Waals surface area contributed by atoms with E-state index >= 15 is 0 Å². The first-order valence-electron chi connectivity index (χ1n) is 53.0. The molecule has 15 unspecified atom stereocenters. The van der Waals surface area contributed by atoms with Crippen molar-refractivity contribution in [3.63, 3.8) is 0 Å². The zero-order chi connectivity index (χ0) is 95.1. The van der Waals surface area contributed by atoms with Crippen LogP contribution >= 0.6 is 0 Å². The number of hydrogen-bond acceptors (Lipinski definition) is 21. The molecule has 3 fully saturated rings. The van der Waals surface area contributed by atoms with Crippen LogP contribution in [0.3, 0.4) is 0 Å². The number of Topliss-reactive ketones (excluding diaryl/α,β-unsaturated/α-hetero) is 4. The quantitative estimate of drug-likeness (QED) is 0.0335. The summed E-state index contributed by atoms with van der Waals surface area (Å²) in [6.45, 7) is 52.8. The molecule has 130 heavy (non-hydrogen) atoms. The van der Waals surface area contributed by atoms with Crippen LogP contribution in [0.25, 0.3) is 0 Å². The minimum Gasteiger partial charge on any atom is -0.487 e. The number of unbranched alkanes of at least 4 members (excludes halogenated alkanes) is 6. The molecule has 756 valence electrons. The average Bonchev–Trinajstić information content (AvgIpc) is 0.756. The maximum Gasteiger partial charge on any atom is 0.311 e. The van der Waals surface area contributed by atoms with Crippen molar-refractivity contribution in [1.82, 2.24) is 0 Å². The highest BCUT2D eigenvalue weighted by Gasteiger charge is 2.43. The molecule has 5 rings (SSSR count). The number of ether oxygens (including phenoxy) is 16. The fraction of sp³-hybridized carbons (Fsp3) is 0.899. The summed E-state index contributed by atoms with van der Waals surface area (Å²) in [5.41, 5.74) is 3.05. The predicted molar refractivity (Wildman–Crippen MR) is 520 cm³/mol. The second-order valence-electron chi connectivity index (χ2n) is 41.3. The lowest BCUT2D eigenvalue weighted by Gasteiger charge is -2.43. The van der Waals surface area contributed by atoms with Gasteiger partial charge in [-0.25, -0.2) is 0 Å². The van der Waals surface area contributed by atoms with Gasteiger partial charge in [0.05, 0.1) is 58.0 Å². The van der Waals surface area contributed by atoms with E-state index in [-0.39, 0.29) is 124 Å². The third kappa shape index (κ3) is 45.9. The smallest absolute Gasteiger partial charge is 0.311 e. The zero-order valence-electron chi connectivity index (χ0n) is 86.5. The van der Waals surface area contributed by atoms with Crippen molar-refractivity contribution in [2.75, 3.05) is 126 Å². The van der Waals surface area contributed by atoms with E-state index < -0.39 is 5.41 Å². The predicted octanol–water partition coefficient (Wildman–Crippen LogP) is 24.4. The van der Waals surface area contributed by atoms with Crippen LogP contribution < -0.4 is 9.47 Å². The Morgan fingerprint density at radius 2 is 0.700 bits per heavy atom. The van der Waals surface area contributed by atoms with E-state index in [9.17, 15) is 24.0 Å². The molecular formula is C109H194O21. The number of carbonyl (C=O) groups excluding carboxylic acids is 5. The summed E-state index contributed by atoms with van der Waals surface area (Å²) in [6, 6.07) is 0. The molecule has 0 spiro atoms. The summed E-state index contributed by atoms with van der Waals surface area (Å²) < 4.78 is 100. The number of carbonyl (C=O) groups is 5. The van der Waals surface area contributed by atoms with Crippen molar-refractivity contribution < 1.29 is 99.8 Å². The van der Waals surface area contributed by atoms with Gasteiger partial charge in [0, 0.05) is 172 Å². The third-order valence-corrected chi connectivity index (χ3v) is 29.7. The normalized spacial score (nSPS) is 25.1. The van der Waals surface area contributed by atoms with Crippen LogP contribution in [0.4, 0.5) is 0 Å². The monoisotopic (exact) mass is 1840 g/mol. The molecule has 18 atom stereocenters. The molecule has 3 saturated heterocycles. The van der Waals surface area contributed by atoms with E-state index in [4.69, 9.17) is 75.8 Å². The van der Waals surface area contributed by atoms with Gasteiger partial charge in [-0.2, -0.15) is 0 Å². The summed E-state index contributed by atoms with van der Waals surface area (Å²) in [7, 11) is 0. The number of ketones is 4. The fourth-order valence-electron chi connectivity index (χ4n) is 19.4. The van der Waals surface area contributed by atoms with Gasteiger partial charge in [0.1, 0.15) is 40.2 Å². The standard InChI is InChI=1S/C109H194O21/c1-21-99-85(11)82(8)90(16)105(126-99)123-69-33-27-51-94(110)48-24-30-59-115-63-40-66-120-76-109(77-121-67-41-64-116-60-31-25-49-95(111)52-28-34-70-124-106-91(17)83(9)86(12)100(22-2)127-106,78-122-68-42-65-117-61-32-26-50-96(112)53-29-35-71-125-107-92(18)84(10)87(13)101(23-3)128-107)75-97(113)56-72-119-74-73-118-62-39-54-102(114)129-103-88(14)89(15)104-98(93(103)19)55-58-108(20,130-104)57-38-47-81(7)46-37-45-80(6)44-36-43-79(4)5/h79-87,90-92,99-101,105-107H,21-78H2,1-20H3/t80-,81-,82?,83?,84?,85?,86?,87?,90?,91?,92?,99?,100?,101?,105?,106?,107?,108-,109?/m1/s1. The Bertz CT molecular complexity index is 2970. The zero-order valence-corrected chi connectivity index (χ0v) is 86.5. The van der Waals surface area contributed by atoms with Crippen LogP contribution in [0, 0.1) is 97.2 Å². The van der Waals surface area contributed by atoms with E-state index in [2.05, 4.69) is 132 Å². The molecule has 0 aliphatic carbocycles. The first-order valence-corrected chi connectivity index (χ1v) is 53.0. The van der Waals surface area contributed by atoms with Gasteiger partial charge >= 0.3 is 5.97 Å². The van der Waals surface area contributed by atoms with Crippen LogP contribution in [0.5, 0.6) is 11.5 Å². The van der Waals surface area contributed by atoms with Gasteiger partial charge < -0.3 is 75.8 Å². The summed E-state index contributed by atoms with van der Waals surface area (Å²) in [5.74, 6) is 8.57. The van der Waals surface area contributed by atoms with Gasteiger partial charge in [-0.3, -0.25) is 24.0 Å². The lowest BCUT2D eigenvalue weighted by Crippen LogP contribution is -2.45. The van der Waals surface area contributed by atoms with Gasteiger partial charge in [0.15, 0.2) is 18.9 Å². The summed E-state index contributed by atoms with van der Waals surface area (Å²) >= 11 is 0. The highest BCUT2D eigenvalue weighted by atomic mass is 16.7. The second kappa shape index (κ2) is 67.8. The van der Waals surface area contributed by atoms with E-state index in [1.165, 1.54) is 44.9 Å². The van der Waals surface area contributed by atoms with E-state index in [1.807, 2.05) is 6.92 Å². The van der Waals surface area contributed by atoms with Crippen molar-refractivity contribution in [2.45, 2.75) is 432 Å². The van der Waals surface area contributed by atoms with Gasteiger partial charge in [-0.15, -0.1) is 0 Å². The fourth-order valence-corrected chi connectivity index (χ4v) is 19.4. The van der Waals surface area contributed by atoms with Crippen LogP contribution in [0.2, 0.25) is 0 Å². The van der Waals surface area contributed by atoms with Crippen molar-refractivity contribution in [1.29, 1.82) is 0 Å². The highest BCUT2D eigenvalue weighted by Crippen LogP contribution is 2.46. The first-order chi connectivity index (χ1) is 62.5. The number of fused-ring (bicyclic) bond motifs is 1. The summed E-state index contributed by atoms with van der Waals surface area (Å²) in [4.78, 5) is 66.3. The van der Waals surface area contributed by atoms with Crippen LogP contribution in [0.15, 0.2) is 0 Å². The Morgan fingerprint density at radius 1 is 0.354 bits per heavy atom. The molecule has 4 heterocycles. The number of benzene rings is 1. The van der Waals surface area contributed by atoms with Crippen LogP contribution in [0.1, 0.15) is 384 Å². The van der Waals surface area contributed by atoms with Crippen molar-refractivity contribution >= 4 is 29.1 Å². The van der Waals surface area contributed by atoms with Crippen LogP contribution in [-0.2, 0) is 96.7 Å². The van der Waals surface area contributed by atoms with Crippen LogP contribution in [-0.4, -0.2) is 197 Å². The molecule has 1 aromatic carbocycles. The molecule has 0 aromatic heterocycles. The van der Waals surface area contributed by atoms with Crippen molar-refractivity contribution in [2.24, 2.45) is 76.4 Å². The Balaban J connectivity index is 1.08. The third-order valence-electron chi connectivity index (χ3n) is 29.7. The maximum atomic E-state index is 14.3. The number of esters is 1. The van der Waals surface area contributed by atoms with E-state index in [0.717, 1.165) is 162 Å². The molecule has 0 radical (unpaired) electrons. The Morgan fingerprint density at radius 3 is 1.09 bits per heavy atom. The average molecular weight is 1840 g/mol. The van der Waals surface area contributed by atoms with Gasteiger partial charge in [-0.1, -0.05) is 156 Å². The van der Waals surface area contributed by atoms with E-state index in [0.29, 0.717) is 222 Å². The van der Waals surface area contributed by atoms with E-state index in [1.54, 1.807) is 0 Å². The summed E-state index contributed by atoms with van der Waals surface area (Å²) in [6.07, 6.45) is 32.1. The Hall–Kier alpha value is -3.39. The lowest BCUT2D eigenvalue weighted by atomic mass is 9.78. The van der Waals surface area contributed by atoms with Crippen molar-refractivity contribution in [3.8, 4) is 11.5 Å². The molecule has 4 aliphatic heterocycles. The van der Waals surface area contributed by atoms with Gasteiger partial charge in [0.25, 0.3) is 0 Å².